The Kier molecular flexibility index (Phi) is 6.11. The standard InChI is InChI=1S/C12H16ClNO4S/c1-2-3-12(15)14-9-8-10-4-6-11(7-5-10)18-19(13,16)17/h4-7H,2-3,8-9H2,1H3,(H,14,15). The lowest BCUT2D eigenvalue weighted by Crippen LogP contribution is -2.25. The van der Waals surface area contributed by atoms with Gasteiger partial charge in [-0.15, -0.1) is 0 Å². The summed E-state index contributed by atoms with van der Waals surface area (Å²) < 4.78 is 25.9. The van der Waals surface area contributed by atoms with Crippen molar-refractivity contribution in [1.29, 1.82) is 0 Å². The van der Waals surface area contributed by atoms with Gasteiger partial charge in [0.2, 0.25) is 5.91 Å². The number of carbonyl (C=O) groups excluding carboxylic acids is 1. The zero-order valence-corrected chi connectivity index (χ0v) is 12.1. The largest absolute Gasteiger partial charge is 0.401 e. The predicted octanol–water partition coefficient (Wildman–Crippen LogP) is 2.01. The van der Waals surface area contributed by atoms with Gasteiger partial charge >= 0.3 is 9.33 Å². The second-order valence-corrected chi connectivity index (χ2v) is 6.06. The van der Waals surface area contributed by atoms with E-state index in [1.54, 1.807) is 12.1 Å². The summed E-state index contributed by atoms with van der Waals surface area (Å²) in [6.07, 6.45) is 2.02. The van der Waals surface area contributed by atoms with Crippen LogP contribution in [0.15, 0.2) is 24.3 Å². The van der Waals surface area contributed by atoms with Gasteiger partial charge in [-0.3, -0.25) is 4.79 Å². The third-order valence-corrected chi connectivity index (χ3v) is 2.91. The molecule has 1 aromatic rings. The SMILES string of the molecule is CCCC(=O)NCCc1ccc(OS(=O)(=O)Cl)cc1. The lowest BCUT2D eigenvalue weighted by molar-refractivity contribution is -0.121. The van der Waals surface area contributed by atoms with Crippen molar-refractivity contribution in [2.24, 2.45) is 0 Å². The average molecular weight is 306 g/mol. The minimum absolute atomic E-state index is 0.0377. The van der Waals surface area contributed by atoms with Crippen LogP contribution in [0.3, 0.4) is 0 Å². The van der Waals surface area contributed by atoms with Crippen LogP contribution in [0.5, 0.6) is 5.75 Å². The highest BCUT2D eigenvalue weighted by Crippen LogP contribution is 2.16. The number of nitrogens with one attached hydrogen (secondary N) is 1. The maximum atomic E-state index is 11.2. The fraction of sp³-hybridized carbons (Fsp3) is 0.417. The molecule has 0 atom stereocenters. The Morgan fingerprint density at radius 2 is 1.95 bits per heavy atom. The molecule has 0 heterocycles. The molecule has 1 aromatic carbocycles. The van der Waals surface area contributed by atoms with E-state index >= 15 is 0 Å². The Hall–Kier alpha value is -1.27. The molecule has 0 bridgehead atoms. The van der Waals surface area contributed by atoms with Crippen molar-refractivity contribution in [3.8, 4) is 5.75 Å². The van der Waals surface area contributed by atoms with E-state index in [1.807, 2.05) is 6.92 Å². The molecule has 1 amide bonds. The minimum atomic E-state index is -4.01. The zero-order valence-electron chi connectivity index (χ0n) is 10.6. The van der Waals surface area contributed by atoms with Gasteiger partial charge in [-0.05, 0) is 30.5 Å². The molecular weight excluding hydrogens is 290 g/mol. The fourth-order valence-electron chi connectivity index (χ4n) is 1.49. The molecule has 0 spiro atoms. The van der Waals surface area contributed by atoms with Crippen LogP contribution in [0, 0.1) is 0 Å². The molecular formula is C12H16ClNO4S. The van der Waals surface area contributed by atoms with Crippen LogP contribution in [0.1, 0.15) is 25.3 Å². The van der Waals surface area contributed by atoms with E-state index in [4.69, 9.17) is 10.7 Å². The molecule has 0 saturated heterocycles. The third-order valence-electron chi connectivity index (χ3n) is 2.33. The molecule has 0 saturated carbocycles. The maximum absolute atomic E-state index is 11.2. The molecule has 0 aliphatic heterocycles. The van der Waals surface area contributed by atoms with E-state index in [9.17, 15) is 13.2 Å². The Balaban J connectivity index is 2.42. The van der Waals surface area contributed by atoms with E-state index in [0.717, 1.165) is 12.0 Å². The lowest BCUT2D eigenvalue weighted by Gasteiger charge is -2.05. The monoisotopic (exact) mass is 305 g/mol. The highest BCUT2D eigenvalue weighted by atomic mass is 35.7. The summed E-state index contributed by atoms with van der Waals surface area (Å²) >= 11 is 0. The first-order valence-electron chi connectivity index (χ1n) is 5.90. The summed E-state index contributed by atoms with van der Waals surface area (Å²) in [6.45, 7) is 2.50. The molecule has 19 heavy (non-hydrogen) atoms. The number of benzene rings is 1. The molecule has 0 aliphatic carbocycles. The quantitative estimate of drug-likeness (QED) is 0.782. The van der Waals surface area contributed by atoms with Crippen LogP contribution in [0.25, 0.3) is 0 Å². The van der Waals surface area contributed by atoms with E-state index < -0.39 is 9.33 Å². The first kappa shape index (κ1) is 15.8. The molecule has 7 heteroatoms. The molecule has 0 fully saturated rings. The van der Waals surface area contributed by atoms with Crippen LogP contribution in [-0.2, 0) is 20.5 Å². The first-order valence-corrected chi connectivity index (χ1v) is 8.14. The second kappa shape index (κ2) is 7.35. The third kappa shape index (κ3) is 7.03. The molecule has 1 N–H and O–H groups in total. The topological polar surface area (TPSA) is 72.5 Å². The Morgan fingerprint density at radius 3 is 2.47 bits per heavy atom. The Bertz CT molecular complexity index is 513. The summed E-state index contributed by atoms with van der Waals surface area (Å²) in [6, 6.07) is 6.49. The Labute approximate surface area is 117 Å². The van der Waals surface area contributed by atoms with Crippen molar-refractivity contribution < 1.29 is 17.4 Å². The first-order chi connectivity index (χ1) is 8.90. The van der Waals surface area contributed by atoms with Gasteiger partial charge in [0.15, 0.2) is 0 Å². The number of hydrogen-bond acceptors (Lipinski definition) is 4. The van der Waals surface area contributed by atoms with Gasteiger partial charge in [0.05, 0.1) is 10.7 Å². The summed E-state index contributed by atoms with van der Waals surface area (Å²) in [5.41, 5.74) is 0.969. The number of carbonyl (C=O) groups is 1. The van der Waals surface area contributed by atoms with Crippen LogP contribution in [-0.4, -0.2) is 20.9 Å². The average Bonchev–Trinajstić information content (AvgIpc) is 2.30. The van der Waals surface area contributed by atoms with E-state index in [1.165, 1.54) is 12.1 Å². The van der Waals surface area contributed by atoms with Gasteiger partial charge < -0.3 is 9.50 Å². The van der Waals surface area contributed by atoms with Gasteiger partial charge in [0.25, 0.3) is 0 Å². The molecule has 0 unspecified atom stereocenters. The van der Waals surface area contributed by atoms with Gasteiger partial charge in [0.1, 0.15) is 5.75 Å². The highest BCUT2D eigenvalue weighted by molar-refractivity contribution is 8.10. The van der Waals surface area contributed by atoms with Gasteiger partial charge in [0, 0.05) is 13.0 Å². The van der Waals surface area contributed by atoms with Crippen LogP contribution < -0.4 is 9.50 Å². The number of amides is 1. The molecule has 0 aromatic heterocycles. The molecule has 5 nitrogen and oxygen atoms in total. The van der Waals surface area contributed by atoms with E-state index in [2.05, 4.69) is 9.50 Å². The zero-order chi connectivity index (χ0) is 14.3. The minimum Gasteiger partial charge on any atom is -0.371 e. The van der Waals surface area contributed by atoms with Crippen LogP contribution in [0.2, 0.25) is 0 Å². The summed E-state index contributed by atoms with van der Waals surface area (Å²) in [7, 11) is 0.949. The number of hydrogen-bond donors (Lipinski definition) is 1. The maximum Gasteiger partial charge on any atom is 0.401 e. The molecule has 0 aliphatic rings. The van der Waals surface area contributed by atoms with Crippen molar-refractivity contribution in [3.05, 3.63) is 29.8 Å². The lowest BCUT2D eigenvalue weighted by atomic mass is 10.1. The molecule has 106 valence electrons. The molecule has 0 radical (unpaired) electrons. The van der Waals surface area contributed by atoms with Gasteiger partial charge in [-0.2, -0.15) is 8.42 Å². The van der Waals surface area contributed by atoms with Crippen molar-refractivity contribution in [1.82, 2.24) is 5.32 Å². The van der Waals surface area contributed by atoms with Gasteiger partial charge in [-0.25, -0.2) is 0 Å². The fourth-order valence-corrected chi connectivity index (χ4v) is 2.05. The van der Waals surface area contributed by atoms with Gasteiger partial charge in [-0.1, -0.05) is 19.1 Å². The normalized spacial score (nSPS) is 11.1. The van der Waals surface area contributed by atoms with Crippen LogP contribution in [0.4, 0.5) is 0 Å². The van der Waals surface area contributed by atoms with Crippen molar-refractivity contribution in [2.75, 3.05) is 6.54 Å². The number of rotatable bonds is 7. The number of halogens is 1. The van der Waals surface area contributed by atoms with Crippen molar-refractivity contribution in [3.63, 3.8) is 0 Å². The molecule has 1 rings (SSSR count). The highest BCUT2D eigenvalue weighted by Gasteiger charge is 2.06. The second-order valence-electron chi connectivity index (χ2n) is 3.97. The summed E-state index contributed by atoms with van der Waals surface area (Å²) in [5.74, 6) is 0.199. The van der Waals surface area contributed by atoms with Crippen molar-refractivity contribution >= 4 is 25.9 Å². The Morgan fingerprint density at radius 1 is 1.32 bits per heavy atom. The van der Waals surface area contributed by atoms with Crippen LogP contribution >= 0.6 is 10.7 Å². The summed E-state index contributed by atoms with van der Waals surface area (Å²) in [5, 5.41) is 2.80. The predicted molar refractivity (Wildman–Crippen MR) is 73.5 cm³/mol. The smallest absolute Gasteiger partial charge is 0.371 e. The van der Waals surface area contributed by atoms with Crippen molar-refractivity contribution in [2.45, 2.75) is 26.2 Å². The summed E-state index contributed by atoms with van der Waals surface area (Å²) in [4.78, 5) is 11.2. The van der Waals surface area contributed by atoms with E-state index in [-0.39, 0.29) is 11.7 Å². The van der Waals surface area contributed by atoms with E-state index in [0.29, 0.717) is 19.4 Å².